The molecule has 7 heteroatoms. The number of carboxylic acids is 1. The summed E-state index contributed by atoms with van der Waals surface area (Å²) in [6, 6.07) is 11.4. The number of rotatable bonds is 5. The number of benzene rings is 2. The smallest absolute Gasteiger partial charge is 0.339 e. The van der Waals surface area contributed by atoms with Crippen LogP contribution in [-0.4, -0.2) is 44.0 Å². The van der Waals surface area contributed by atoms with Gasteiger partial charge >= 0.3 is 5.97 Å². The van der Waals surface area contributed by atoms with Crippen LogP contribution in [-0.2, 0) is 10.0 Å². The molecule has 0 aromatic heterocycles. The third-order valence-electron chi connectivity index (χ3n) is 4.30. The van der Waals surface area contributed by atoms with Gasteiger partial charge in [0.25, 0.3) is 0 Å². The van der Waals surface area contributed by atoms with Crippen LogP contribution >= 0.6 is 0 Å². The largest absolute Gasteiger partial charge is 0.496 e. The molecule has 132 valence electrons. The molecule has 1 aliphatic rings. The second-order valence-corrected chi connectivity index (χ2v) is 7.80. The summed E-state index contributed by atoms with van der Waals surface area (Å²) in [7, 11) is -2.10. The lowest BCUT2D eigenvalue weighted by Gasteiger charge is -2.16. The first-order valence-electron chi connectivity index (χ1n) is 7.95. The van der Waals surface area contributed by atoms with Crippen LogP contribution in [0.25, 0.3) is 11.1 Å². The quantitative estimate of drug-likeness (QED) is 0.885. The lowest BCUT2D eigenvalue weighted by atomic mass is 10.0. The van der Waals surface area contributed by atoms with Crippen LogP contribution in [0.2, 0.25) is 0 Å². The minimum absolute atomic E-state index is 0.0621. The summed E-state index contributed by atoms with van der Waals surface area (Å²) in [4.78, 5) is 11.4. The molecule has 1 aliphatic heterocycles. The summed E-state index contributed by atoms with van der Waals surface area (Å²) in [5, 5.41) is 9.17. The Labute approximate surface area is 146 Å². The summed E-state index contributed by atoms with van der Waals surface area (Å²) >= 11 is 0. The Morgan fingerprint density at radius 1 is 1.08 bits per heavy atom. The molecule has 1 heterocycles. The van der Waals surface area contributed by atoms with E-state index in [2.05, 4.69) is 0 Å². The Hall–Kier alpha value is -2.38. The monoisotopic (exact) mass is 361 g/mol. The number of sulfonamides is 1. The molecule has 6 nitrogen and oxygen atoms in total. The van der Waals surface area contributed by atoms with E-state index in [1.54, 1.807) is 36.4 Å². The zero-order valence-electron chi connectivity index (χ0n) is 13.8. The molecular formula is C18H19NO5S. The molecule has 25 heavy (non-hydrogen) atoms. The molecule has 0 atom stereocenters. The van der Waals surface area contributed by atoms with Crippen molar-refractivity contribution in [2.24, 2.45) is 0 Å². The van der Waals surface area contributed by atoms with Crippen molar-refractivity contribution in [1.29, 1.82) is 0 Å². The van der Waals surface area contributed by atoms with Crippen molar-refractivity contribution in [3.63, 3.8) is 0 Å². The molecule has 1 N–H and O–H groups in total. The Balaban J connectivity index is 2.01. The van der Waals surface area contributed by atoms with E-state index in [1.165, 1.54) is 17.5 Å². The summed E-state index contributed by atoms with van der Waals surface area (Å²) in [6.45, 7) is 1.10. The predicted octanol–water partition coefficient (Wildman–Crippen LogP) is 2.84. The van der Waals surface area contributed by atoms with Gasteiger partial charge in [-0.2, -0.15) is 4.31 Å². The van der Waals surface area contributed by atoms with E-state index in [9.17, 15) is 13.2 Å². The summed E-state index contributed by atoms with van der Waals surface area (Å²) < 4.78 is 32.1. The van der Waals surface area contributed by atoms with Gasteiger partial charge in [0.05, 0.1) is 12.0 Å². The molecule has 0 radical (unpaired) electrons. The number of aromatic carboxylic acids is 1. The van der Waals surface area contributed by atoms with E-state index in [0.717, 1.165) is 12.8 Å². The molecule has 0 saturated carbocycles. The minimum Gasteiger partial charge on any atom is -0.496 e. The van der Waals surface area contributed by atoms with Crippen LogP contribution in [0, 0.1) is 0 Å². The number of carboxylic acid groups (broad SMARTS) is 1. The fourth-order valence-electron chi connectivity index (χ4n) is 2.96. The second-order valence-electron chi connectivity index (χ2n) is 5.86. The molecule has 0 bridgehead atoms. The number of ether oxygens (including phenoxy) is 1. The Morgan fingerprint density at radius 2 is 1.76 bits per heavy atom. The summed E-state index contributed by atoms with van der Waals surface area (Å²) in [5.74, 6) is -0.841. The van der Waals surface area contributed by atoms with Gasteiger partial charge in [-0.25, -0.2) is 13.2 Å². The number of nitrogens with zero attached hydrogens (tertiary/aromatic N) is 1. The lowest BCUT2D eigenvalue weighted by Crippen LogP contribution is -2.27. The summed E-state index contributed by atoms with van der Waals surface area (Å²) in [5.41, 5.74) is 1.45. The Morgan fingerprint density at radius 3 is 2.40 bits per heavy atom. The van der Waals surface area contributed by atoms with Gasteiger partial charge in [0.2, 0.25) is 10.0 Å². The van der Waals surface area contributed by atoms with Crippen molar-refractivity contribution in [2.45, 2.75) is 17.7 Å². The standard InChI is InChI=1S/C18H19NO5S/c1-24-17-12-14(7-8-16(17)18(20)21)13-5-4-6-15(11-13)25(22,23)19-9-2-3-10-19/h4-8,11-12H,2-3,9-10H2,1H3,(H,20,21). The molecule has 2 aromatic carbocycles. The Kier molecular flexibility index (Phi) is 4.78. The zero-order chi connectivity index (χ0) is 18.0. The third kappa shape index (κ3) is 3.38. The highest BCUT2D eigenvalue weighted by molar-refractivity contribution is 7.89. The van der Waals surface area contributed by atoms with E-state index in [1.807, 2.05) is 0 Å². The van der Waals surface area contributed by atoms with Gasteiger partial charge < -0.3 is 9.84 Å². The van der Waals surface area contributed by atoms with Gasteiger partial charge in [-0.3, -0.25) is 0 Å². The van der Waals surface area contributed by atoms with Crippen LogP contribution in [0.5, 0.6) is 5.75 Å². The van der Waals surface area contributed by atoms with Gasteiger partial charge in [-0.1, -0.05) is 18.2 Å². The van der Waals surface area contributed by atoms with Crippen LogP contribution in [0.4, 0.5) is 0 Å². The molecule has 1 fully saturated rings. The number of hydrogen-bond donors (Lipinski definition) is 1. The van der Waals surface area contributed by atoms with Gasteiger partial charge in [0, 0.05) is 13.1 Å². The zero-order valence-corrected chi connectivity index (χ0v) is 14.6. The van der Waals surface area contributed by atoms with Crippen LogP contribution in [0.3, 0.4) is 0 Å². The van der Waals surface area contributed by atoms with Gasteiger partial charge in [0.1, 0.15) is 11.3 Å². The molecular weight excluding hydrogens is 342 g/mol. The highest BCUT2D eigenvalue weighted by Gasteiger charge is 2.27. The fourth-order valence-corrected chi connectivity index (χ4v) is 4.52. The van der Waals surface area contributed by atoms with Crippen molar-refractivity contribution in [2.75, 3.05) is 20.2 Å². The van der Waals surface area contributed by atoms with Gasteiger partial charge in [-0.15, -0.1) is 0 Å². The van der Waals surface area contributed by atoms with E-state index in [0.29, 0.717) is 24.2 Å². The highest BCUT2D eigenvalue weighted by Crippen LogP contribution is 2.30. The highest BCUT2D eigenvalue weighted by atomic mass is 32.2. The molecule has 0 aliphatic carbocycles. The van der Waals surface area contributed by atoms with Crippen molar-refractivity contribution in [3.05, 3.63) is 48.0 Å². The minimum atomic E-state index is -3.50. The molecule has 1 saturated heterocycles. The van der Waals surface area contributed by atoms with Crippen LogP contribution in [0.15, 0.2) is 47.4 Å². The number of methoxy groups -OCH3 is 1. The fraction of sp³-hybridized carbons (Fsp3) is 0.278. The molecule has 3 rings (SSSR count). The summed E-state index contributed by atoms with van der Waals surface area (Å²) in [6.07, 6.45) is 1.76. The Bertz CT molecular complexity index is 901. The number of carbonyl (C=O) groups is 1. The first kappa shape index (κ1) is 17.4. The van der Waals surface area contributed by atoms with Crippen molar-refractivity contribution >= 4 is 16.0 Å². The maximum Gasteiger partial charge on any atom is 0.339 e. The molecule has 0 spiro atoms. The SMILES string of the molecule is COc1cc(-c2cccc(S(=O)(=O)N3CCCC3)c2)ccc1C(=O)O. The second kappa shape index (κ2) is 6.85. The first-order valence-corrected chi connectivity index (χ1v) is 9.39. The molecule has 2 aromatic rings. The van der Waals surface area contributed by atoms with Crippen molar-refractivity contribution in [3.8, 4) is 16.9 Å². The number of hydrogen-bond acceptors (Lipinski definition) is 4. The van der Waals surface area contributed by atoms with Crippen LogP contribution in [0.1, 0.15) is 23.2 Å². The van der Waals surface area contributed by atoms with Crippen molar-refractivity contribution < 1.29 is 23.1 Å². The van der Waals surface area contributed by atoms with E-state index >= 15 is 0 Å². The topological polar surface area (TPSA) is 83.9 Å². The maximum atomic E-state index is 12.7. The normalized spacial score (nSPS) is 15.2. The molecule has 0 amide bonds. The van der Waals surface area contributed by atoms with E-state index in [-0.39, 0.29) is 16.2 Å². The maximum absolute atomic E-state index is 12.7. The predicted molar refractivity (Wildman–Crippen MR) is 93.4 cm³/mol. The van der Waals surface area contributed by atoms with E-state index in [4.69, 9.17) is 9.84 Å². The van der Waals surface area contributed by atoms with Gasteiger partial charge in [0.15, 0.2) is 0 Å². The van der Waals surface area contributed by atoms with Crippen LogP contribution < -0.4 is 4.74 Å². The van der Waals surface area contributed by atoms with Gasteiger partial charge in [-0.05, 0) is 48.2 Å². The lowest BCUT2D eigenvalue weighted by molar-refractivity contribution is 0.0693. The first-order chi connectivity index (χ1) is 11.9. The average Bonchev–Trinajstić information content (AvgIpc) is 3.16. The van der Waals surface area contributed by atoms with Crippen molar-refractivity contribution in [1.82, 2.24) is 4.31 Å². The third-order valence-corrected chi connectivity index (χ3v) is 6.20. The average molecular weight is 361 g/mol. The van der Waals surface area contributed by atoms with E-state index < -0.39 is 16.0 Å². The molecule has 0 unspecified atom stereocenters.